The van der Waals surface area contributed by atoms with Gasteiger partial charge in [-0.3, -0.25) is 9.79 Å². The fourth-order valence-electron chi connectivity index (χ4n) is 3.53. The lowest BCUT2D eigenvalue weighted by Crippen LogP contribution is -2.28. The summed E-state index contributed by atoms with van der Waals surface area (Å²) in [5, 5.41) is 13.6. The predicted molar refractivity (Wildman–Crippen MR) is 119 cm³/mol. The maximum absolute atomic E-state index is 13.2. The van der Waals surface area contributed by atoms with E-state index < -0.39 is 18.1 Å². The van der Waals surface area contributed by atoms with Crippen molar-refractivity contribution < 1.29 is 9.18 Å². The van der Waals surface area contributed by atoms with Crippen molar-refractivity contribution in [3.63, 3.8) is 0 Å². The molecule has 9 heteroatoms. The van der Waals surface area contributed by atoms with E-state index in [1.807, 2.05) is 36.5 Å². The molecule has 1 aliphatic heterocycles. The molecule has 2 unspecified atom stereocenters. The number of aliphatic imine (C=N–C) groups is 1. The Morgan fingerprint density at radius 3 is 2.87 bits per heavy atom. The second-order valence-electron chi connectivity index (χ2n) is 7.59. The zero-order chi connectivity index (χ0) is 21.4. The molecule has 1 aliphatic carbocycles. The van der Waals surface area contributed by atoms with Crippen LogP contribution < -0.4 is 16.0 Å². The van der Waals surface area contributed by atoms with Crippen LogP contribution in [0.25, 0.3) is 11.3 Å². The molecule has 158 valence electrons. The fourth-order valence-corrected chi connectivity index (χ4v) is 3.53. The summed E-state index contributed by atoms with van der Waals surface area (Å²) in [6.07, 6.45) is 6.83. The van der Waals surface area contributed by atoms with Crippen LogP contribution in [0.15, 0.2) is 47.6 Å². The lowest BCUT2D eigenvalue weighted by atomic mass is 10.1. The van der Waals surface area contributed by atoms with E-state index in [0.29, 0.717) is 23.6 Å². The van der Waals surface area contributed by atoms with E-state index in [4.69, 9.17) is 0 Å². The third-order valence-corrected chi connectivity index (χ3v) is 5.29. The number of allylic oxidation sites excluding steroid dienone is 1. The SMILES string of the molecule is CNc1cc(Nc2cccc(C3=CCCC=N3)c2)nn2c(C(=O)NC3CC3F)cnc12. The molecular formula is C22H22FN7O. The number of rotatable bonds is 6. The standard InChI is InChI=1S/C22H22FN7O/c1-24-18-11-20(27-14-6-4-5-13(9-14)16-7-2-3-8-25-16)29-30-19(12-26-21(18)30)22(31)28-17-10-15(17)23/h4-9,11-12,15,17,24H,2-3,10H2,1H3,(H,27,29)(H,28,31). The number of hydrogen-bond donors (Lipinski definition) is 3. The maximum Gasteiger partial charge on any atom is 0.271 e. The van der Waals surface area contributed by atoms with E-state index >= 15 is 0 Å². The van der Waals surface area contributed by atoms with Gasteiger partial charge >= 0.3 is 0 Å². The van der Waals surface area contributed by atoms with Crippen molar-refractivity contribution in [3.05, 3.63) is 53.9 Å². The molecule has 31 heavy (non-hydrogen) atoms. The van der Waals surface area contributed by atoms with E-state index in [2.05, 4.69) is 37.1 Å². The average Bonchev–Trinajstić information content (AvgIpc) is 3.31. The van der Waals surface area contributed by atoms with E-state index in [1.54, 1.807) is 7.05 Å². The Morgan fingerprint density at radius 1 is 1.26 bits per heavy atom. The van der Waals surface area contributed by atoms with Crippen LogP contribution in [0, 0.1) is 0 Å². The monoisotopic (exact) mass is 419 g/mol. The van der Waals surface area contributed by atoms with Crippen molar-refractivity contribution in [1.82, 2.24) is 19.9 Å². The number of halogens is 1. The first kappa shape index (κ1) is 19.2. The van der Waals surface area contributed by atoms with Crippen molar-refractivity contribution in [2.45, 2.75) is 31.5 Å². The van der Waals surface area contributed by atoms with Gasteiger partial charge in [-0.15, -0.1) is 5.10 Å². The van der Waals surface area contributed by atoms with E-state index in [1.165, 1.54) is 10.7 Å². The third-order valence-electron chi connectivity index (χ3n) is 5.29. The van der Waals surface area contributed by atoms with Crippen LogP contribution in [0.5, 0.6) is 0 Å². The van der Waals surface area contributed by atoms with Crippen LogP contribution in [-0.4, -0.2) is 46.0 Å². The fraction of sp³-hybridized carbons (Fsp3) is 0.273. The minimum atomic E-state index is -0.975. The van der Waals surface area contributed by atoms with E-state index in [9.17, 15) is 9.18 Å². The number of nitrogens with zero attached hydrogens (tertiary/aromatic N) is 4. The summed E-state index contributed by atoms with van der Waals surface area (Å²) in [6.45, 7) is 0. The number of alkyl halides is 1. The van der Waals surface area contributed by atoms with E-state index in [-0.39, 0.29) is 5.69 Å². The van der Waals surface area contributed by atoms with Crippen LogP contribution >= 0.6 is 0 Å². The minimum Gasteiger partial charge on any atom is -0.385 e. The zero-order valence-corrected chi connectivity index (χ0v) is 17.0. The van der Waals surface area contributed by atoms with Gasteiger partial charge < -0.3 is 16.0 Å². The smallest absolute Gasteiger partial charge is 0.271 e. The van der Waals surface area contributed by atoms with Crippen LogP contribution in [-0.2, 0) is 0 Å². The van der Waals surface area contributed by atoms with Crippen molar-refractivity contribution in [1.29, 1.82) is 0 Å². The molecule has 3 heterocycles. The summed E-state index contributed by atoms with van der Waals surface area (Å²) in [6, 6.07) is 9.32. The molecule has 3 aromatic rings. The second kappa shape index (κ2) is 7.82. The normalized spacial score (nSPS) is 19.7. The Balaban J connectivity index is 1.46. The maximum atomic E-state index is 13.2. The number of fused-ring (bicyclic) bond motifs is 1. The van der Waals surface area contributed by atoms with Gasteiger partial charge in [-0.2, -0.15) is 0 Å². The van der Waals surface area contributed by atoms with Gasteiger partial charge in [-0.05, 0) is 25.0 Å². The summed E-state index contributed by atoms with van der Waals surface area (Å²) < 4.78 is 14.7. The van der Waals surface area contributed by atoms with Gasteiger partial charge in [0.05, 0.1) is 23.6 Å². The summed E-state index contributed by atoms with van der Waals surface area (Å²) >= 11 is 0. The number of benzene rings is 1. The topological polar surface area (TPSA) is 95.7 Å². The minimum absolute atomic E-state index is 0.254. The van der Waals surface area contributed by atoms with Gasteiger partial charge in [-0.1, -0.05) is 18.2 Å². The number of carbonyl (C=O) groups is 1. The molecule has 1 fully saturated rings. The lowest BCUT2D eigenvalue weighted by molar-refractivity contribution is 0.0940. The first-order valence-corrected chi connectivity index (χ1v) is 10.2. The summed E-state index contributed by atoms with van der Waals surface area (Å²) in [5.74, 6) is 0.144. The lowest BCUT2D eigenvalue weighted by Gasteiger charge is -2.12. The second-order valence-corrected chi connectivity index (χ2v) is 7.59. The van der Waals surface area contributed by atoms with Gasteiger partial charge in [-0.25, -0.2) is 13.9 Å². The molecule has 0 saturated heterocycles. The molecule has 0 bridgehead atoms. The molecule has 2 aliphatic rings. The Labute approximate surface area is 178 Å². The molecule has 3 N–H and O–H groups in total. The van der Waals surface area contributed by atoms with Gasteiger partial charge in [0, 0.05) is 37.0 Å². The predicted octanol–water partition coefficient (Wildman–Crippen LogP) is 3.56. The average molecular weight is 419 g/mol. The summed E-state index contributed by atoms with van der Waals surface area (Å²) in [4.78, 5) is 21.4. The number of nitrogens with one attached hydrogen (secondary N) is 3. The number of imidazole rings is 1. The molecule has 2 atom stereocenters. The first-order chi connectivity index (χ1) is 15.1. The van der Waals surface area contributed by atoms with Crippen LogP contribution in [0.3, 0.4) is 0 Å². The molecule has 8 nitrogen and oxygen atoms in total. The quantitative estimate of drug-likeness (QED) is 0.568. The van der Waals surface area contributed by atoms with Crippen LogP contribution in [0.4, 0.5) is 21.6 Å². The molecule has 1 aromatic carbocycles. The van der Waals surface area contributed by atoms with Gasteiger partial charge in [0.2, 0.25) is 0 Å². The number of hydrogen-bond acceptors (Lipinski definition) is 6. The highest BCUT2D eigenvalue weighted by Crippen LogP contribution is 2.27. The molecule has 1 amide bonds. The summed E-state index contributed by atoms with van der Waals surface area (Å²) in [5.41, 5.74) is 4.29. The molecule has 5 rings (SSSR count). The number of anilines is 3. The van der Waals surface area contributed by atoms with Crippen molar-refractivity contribution >= 4 is 40.7 Å². The Morgan fingerprint density at radius 2 is 2.13 bits per heavy atom. The number of aromatic nitrogens is 3. The zero-order valence-electron chi connectivity index (χ0n) is 17.0. The highest BCUT2D eigenvalue weighted by atomic mass is 19.1. The van der Waals surface area contributed by atoms with Gasteiger partial charge in [0.15, 0.2) is 17.2 Å². The summed E-state index contributed by atoms with van der Waals surface area (Å²) in [7, 11) is 1.78. The van der Waals surface area contributed by atoms with Gasteiger partial charge in [0.1, 0.15) is 6.17 Å². The number of carbonyl (C=O) groups excluding carboxylic acids is 1. The first-order valence-electron chi connectivity index (χ1n) is 10.2. The van der Waals surface area contributed by atoms with Crippen molar-refractivity contribution in [2.75, 3.05) is 17.7 Å². The van der Waals surface area contributed by atoms with E-state index in [0.717, 1.165) is 29.8 Å². The van der Waals surface area contributed by atoms with Crippen LogP contribution in [0.1, 0.15) is 35.3 Å². The highest BCUT2D eigenvalue weighted by Gasteiger charge is 2.39. The third kappa shape index (κ3) is 3.86. The van der Waals surface area contributed by atoms with Gasteiger partial charge in [0.25, 0.3) is 5.91 Å². The Bertz CT molecular complexity index is 1220. The molecule has 0 radical (unpaired) electrons. The molecular weight excluding hydrogens is 397 g/mol. The largest absolute Gasteiger partial charge is 0.385 e. The highest BCUT2D eigenvalue weighted by molar-refractivity contribution is 5.94. The molecule has 0 spiro atoms. The molecule has 2 aromatic heterocycles. The Hall–Kier alpha value is -3.75. The van der Waals surface area contributed by atoms with Crippen molar-refractivity contribution in [2.24, 2.45) is 4.99 Å². The van der Waals surface area contributed by atoms with Crippen LogP contribution in [0.2, 0.25) is 0 Å². The van der Waals surface area contributed by atoms with Crippen molar-refractivity contribution in [3.8, 4) is 0 Å². The number of amides is 1. The Kier molecular flexibility index (Phi) is 4.85. The molecule has 1 saturated carbocycles.